The van der Waals surface area contributed by atoms with Crippen LogP contribution in [0.1, 0.15) is 5.56 Å². The summed E-state index contributed by atoms with van der Waals surface area (Å²) in [6, 6.07) is 10.4. The van der Waals surface area contributed by atoms with Crippen molar-refractivity contribution < 1.29 is 0 Å². The largest absolute Gasteiger partial charge is 0.256 e. The van der Waals surface area contributed by atoms with E-state index in [1.807, 2.05) is 31.4 Å². The lowest BCUT2D eigenvalue weighted by Gasteiger charge is -2.11. The van der Waals surface area contributed by atoms with Crippen LogP contribution in [0.3, 0.4) is 0 Å². The van der Waals surface area contributed by atoms with Crippen LogP contribution >= 0.6 is 0 Å². The third-order valence-corrected chi connectivity index (χ3v) is 2.27. The van der Waals surface area contributed by atoms with E-state index in [-0.39, 0.29) is 0 Å². The van der Waals surface area contributed by atoms with Crippen molar-refractivity contribution in [3.63, 3.8) is 0 Å². The lowest BCUT2D eigenvalue weighted by molar-refractivity contribution is 0.286. The number of nitrogens with one attached hydrogen (secondary N) is 1. The fraction of sp³-hybridized carbons (Fsp3) is 0.250. The zero-order valence-electron chi connectivity index (χ0n) is 9.07. The molecule has 0 aliphatic carbocycles. The van der Waals surface area contributed by atoms with E-state index in [1.165, 1.54) is 10.9 Å². The molecule has 78 valence electrons. The summed E-state index contributed by atoms with van der Waals surface area (Å²) in [6.07, 6.45) is 1.82. The molecule has 2 rings (SSSR count). The first kappa shape index (κ1) is 10.1. The molecule has 0 fully saturated rings. The number of hydrogen-bond acceptors (Lipinski definition) is 3. The molecule has 0 bridgehead atoms. The highest BCUT2D eigenvalue weighted by molar-refractivity contribution is 5.78. The molecule has 1 N–H and O–H groups in total. The van der Waals surface area contributed by atoms with E-state index < -0.39 is 0 Å². The number of hydrogen-bond donors (Lipinski definition) is 1. The van der Waals surface area contributed by atoms with Gasteiger partial charge < -0.3 is 0 Å². The minimum absolute atomic E-state index is 0.845. The summed E-state index contributed by atoms with van der Waals surface area (Å²) in [5.41, 5.74) is 5.55. The lowest BCUT2D eigenvalue weighted by atomic mass is 10.1. The smallest absolute Gasteiger partial charge is 0.0702 e. The second kappa shape index (κ2) is 4.38. The van der Waals surface area contributed by atoms with Gasteiger partial charge in [-0.25, -0.2) is 0 Å². The van der Waals surface area contributed by atoms with Crippen LogP contribution < -0.4 is 5.43 Å². The highest BCUT2D eigenvalue weighted by Gasteiger charge is 1.97. The van der Waals surface area contributed by atoms with Gasteiger partial charge in [-0.1, -0.05) is 12.1 Å². The Labute approximate surface area is 89.7 Å². The highest BCUT2D eigenvalue weighted by Crippen LogP contribution is 2.12. The van der Waals surface area contributed by atoms with Crippen molar-refractivity contribution in [3.05, 3.63) is 42.1 Å². The summed E-state index contributed by atoms with van der Waals surface area (Å²) in [7, 11) is 3.98. The predicted octanol–water partition coefficient (Wildman–Crippen LogP) is 1.80. The van der Waals surface area contributed by atoms with Gasteiger partial charge in [-0.2, -0.15) is 0 Å². The first-order chi connectivity index (χ1) is 7.25. The molecular weight excluding hydrogens is 186 g/mol. The number of aromatic nitrogens is 1. The molecule has 15 heavy (non-hydrogen) atoms. The van der Waals surface area contributed by atoms with E-state index in [1.54, 1.807) is 0 Å². The molecule has 2 aromatic rings. The van der Waals surface area contributed by atoms with Crippen molar-refractivity contribution in [2.45, 2.75) is 6.54 Å². The Morgan fingerprint density at radius 1 is 1.27 bits per heavy atom. The van der Waals surface area contributed by atoms with Crippen molar-refractivity contribution >= 4 is 10.9 Å². The zero-order valence-corrected chi connectivity index (χ0v) is 9.07. The summed E-state index contributed by atoms with van der Waals surface area (Å²) in [5.74, 6) is 0. The fourth-order valence-corrected chi connectivity index (χ4v) is 1.48. The topological polar surface area (TPSA) is 28.2 Å². The number of rotatable bonds is 3. The number of nitrogens with zero attached hydrogens (tertiary/aromatic N) is 2. The molecule has 0 aliphatic rings. The molecule has 0 aliphatic heterocycles. The number of benzene rings is 1. The maximum absolute atomic E-state index is 4.29. The molecule has 1 aromatic heterocycles. The Balaban J connectivity index is 2.23. The van der Waals surface area contributed by atoms with Gasteiger partial charge in [0.1, 0.15) is 0 Å². The summed E-state index contributed by atoms with van der Waals surface area (Å²) in [4.78, 5) is 4.29. The molecule has 0 atom stereocenters. The van der Waals surface area contributed by atoms with Crippen molar-refractivity contribution in [3.8, 4) is 0 Å². The van der Waals surface area contributed by atoms with Crippen LogP contribution in [0.4, 0.5) is 0 Å². The van der Waals surface area contributed by atoms with Gasteiger partial charge in [0.2, 0.25) is 0 Å². The maximum Gasteiger partial charge on any atom is 0.0702 e. The van der Waals surface area contributed by atoms with Crippen LogP contribution in [-0.4, -0.2) is 24.1 Å². The average molecular weight is 201 g/mol. The Morgan fingerprint density at radius 2 is 2.13 bits per heavy atom. The SMILES string of the molecule is CN(C)NCc1ccc2ncccc2c1. The van der Waals surface area contributed by atoms with Crippen LogP contribution in [0.25, 0.3) is 10.9 Å². The molecule has 1 heterocycles. The third-order valence-electron chi connectivity index (χ3n) is 2.27. The Bertz CT molecular complexity index is 451. The number of fused-ring (bicyclic) bond motifs is 1. The Hall–Kier alpha value is -1.45. The Kier molecular flexibility index (Phi) is 2.94. The second-order valence-corrected chi connectivity index (χ2v) is 3.76. The van der Waals surface area contributed by atoms with Crippen LogP contribution in [0.5, 0.6) is 0 Å². The van der Waals surface area contributed by atoms with Gasteiger partial charge in [0.05, 0.1) is 5.52 Å². The first-order valence-electron chi connectivity index (χ1n) is 5.00. The van der Waals surface area contributed by atoms with Crippen LogP contribution in [-0.2, 0) is 6.54 Å². The number of hydrazine groups is 1. The van der Waals surface area contributed by atoms with Gasteiger partial charge in [-0.3, -0.25) is 15.4 Å². The zero-order chi connectivity index (χ0) is 10.7. The van der Waals surface area contributed by atoms with E-state index in [0.717, 1.165) is 12.1 Å². The predicted molar refractivity (Wildman–Crippen MR) is 62.3 cm³/mol. The summed E-state index contributed by atoms with van der Waals surface area (Å²) < 4.78 is 0. The summed E-state index contributed by atoms with van der Waals surface area (Å²) >= 11 is 0. The Morgan fingerprint density at radius 3 is 2.93 bits per heavy atom. The fourth-order valence-electron chi connectivity index (χ4n) is 1.48. The van der Waals surface area contributed by atoms with Gasteiger partial charge in [0.25, 0.3) is 0 Å². The number of pyridine rings is 1. The van der Waals surface area contributed by atoms with E-state index >= 15 is 0 Å². The molecule has 1 aromatic carbocycles. The van der Waals surface area contributed by atoms with E-state index in [9.17, 15) is 0 Å². The maximum atomic E-state index is 4.29. The van der Waals surface area contributed by atoms with E-state index in [0.29, 0.717) is 0 Å². The molecule has 0 spiro atoms. The van der Waals surface area contributed by atoms with E-state index in [4.69, 9.17) is 0 Å². The lowest BCUT2D eigenvalue weighted by Crippen LogP contribution is -2.29. The second-order valence-electron chi connectivity index (χ2n) is 3.76. The van der Waals surface area contributed by atoms with E-state index in [2.05, 4.69) is 34.7 Å². The van der Waals surface area contributed by atoms with Crippen LogP contribution in [0.2, 0.25) is 0 Å². The molecule has 0 radical (unpaired) electrons. The molecule has 3 nitrogen and oxygen atoms in total. The molecule has 0 unspecified atom stereocenters. The highest BCUT2D eigenvalue weighted by atomic mass is 15.5. The summed E-state index contributed by atoms with van der Waals surface area (Å²) in [6.45, 7) is 0.845. The van der Waals surface area contributed by atoms with Crippen molar-refractivity contribution in [2.75, 3.05) is 14.1 Å². The van der Waals surface area contributed by atoms with Crippen molar-refractivity contribution in [1.82, 2.24) is 15.4 Å². The van der Waals surface area contributed by atoms with Crippen molar-refractivity contribution in [2.24, 2.45) is 0 Å². The van der Waals surface area contributed by atoms with Crippen LogP contribution in [0.15, 0.2) is 36.5 Å². The molecular formula is C12H15N3. The van der Waals surface area contributed by atoms with Crippen LogP contribution in [0, 0.1) is 0 Å². The first-order valence-corrected chi connectivity index (χ1v) is 5.00. The molecule has 0 saturated carbocycles. The average Bonchev–Trinajstić information content (AvgIpc) is 2.26. The minimum Gasteiger partial charge on any atom is -0.256 e. The summed E-state index contributed by atoms with van der Waals surface area (Å²) in [5, 5.41) is 3.14. The van der Waals surface area contributed by atoms with Gasteiger partial charge in [0.15, 0.2) is 0 Å². The monoisotopic (exact) mass is 201 g/mol. The van der Waals surface area contributed by atoms with Gasteiger partial charge in [0, 0.05) is 32.2 Å². The third kappa shape index (κ3) is 2.52. The minimum atomic E-state index is 0.845. The standard InChI is InChI=1S/C12H15N3/c1-15(2)14-9-10-5-6-12-11(8-10)4-3-7-13-12/h3-8,14H,9H2,1-2H3. The van der Waals surface area contributed by atoms with Gasteiger partial charge >= 0.3 is 0 Å². The molecule has 3 heteroatoms. The van der Waals surface area contributed by atoms with Gasteiger partial charge in [-0.05, 0) is 23.8 Å². The van der Waals surface area contributed by atoms with Crippen molar-refractivity contribution in [1.29, 1.82) is 0 Å². The quantitative estimate of drug-likeness (QED) is 0.767. The van der Waals surface area contributed by atoms with Gasteiger partial charge in [-0.15, -0.1) is 0 Å². The normalized spacial score (nSPS) is 11.1. The molecule has 0 amide bonds. The molecule has 0 saturated heterocycles.